The van der Waals surface area contributed by atoms with Crippen molar-refractivity contribution in [3.8, 4) is 0 Å². The highest BCUT2D eigenvalue weighted by molar-refractivity contribution is 5.92. The molecule has 1 saturated carbocycles. The summed E-state index contributed by atoms with van der Waals surface area (Å²) in [6.07, 6.45) is 3.14. The van der Waals surface area contributed by atoms with Crippen molar-refractivity contribution in [2.24, 2.45) is 0 Å². The number of allylic oxidation sites excluding steroid dienone is 1. The van der Waals surface area contributed by atoms with Crippen LogP contribution in [0.3, 0.4) is 0 Å². The number of carbonyl (C=O) groups excluding carboxylic acids is 1. The van der Waals surface area contributed by atoms with Crippen LogP contribution in [0.25, 0.3) is 5.76 Å². The van der Waals surface area contributed by atoms with E-state index in [4.69, 9.17) is 9.47 Å². The number of nitrogens with one attached hydrogen (secondary N) is 2. The van der Waals surface area contributed by atoms with Crippen molar-refractivity contribution in [1.82, 2.24) is 5.32 Å². The molecular formula is C17H24N2O3. The number of hydrogen-bond acceptors (Lipinski definition) is 4. The third kappa shape index (κ3) is 5.16. The molecule has 1 aliphatic rings. The van der Waals surface area contributed by atoms with Crippen molar-refractivity contribution in [3.05, 3.63) is 35.4 Å². The van der Waals surface area contributed by atoms with Gasteiger partial charge < -0.3 is 20.1 Å². The van der Waals surface area contributed by atoms with Crippen LogP contribution < -0.4 is 10.6 Å². The van der Waals surface area contributed by atoms with E-state index >= 15 is 0 Å². The van der Waals surface area contributed by atoms with Gasteiger partial charge in [0.05, 0.1) is 13.7 Å². The molecule has 0 saturated heterocycles. The Balaban J connectivity index is 1.78. The molecule has 0 bridgehead atoms. The average Bonchev–Trinajstić information content (AvgIpc) is 3.34. The average molecular weight is 304 g/mol. The first-order valence-electron chi connectivity index (χ1n) is 7.60. The number of methoxy groups -OCH3 is 2. The maximum atomic E-state index is 11.8. The fourth-order valence-electron chi connectivity index (χ4n) is 2.21. The molecule has 0 radical (unpaired) electrons. The molecule has 5 heteroatoms. The van der Waals surface area contributed by atoms with Crippen molar-refractivity contribution in [1.29, 1.82) is 0 Å². The third-order valence-corrected chi connectivity index (χ3v) is 3.44. The Morgan fingerprint density at radius 1 is 1.18 bits per heavy atom. The Morgan fingerprint density at radius 3 is 2.50 bits per heavy atom. The van der Waals surface area contributed by atoms with E-state index in [9.17, 15) is 4.79 Å². The number of anilines is 1. The van der Waals surface area contributed by atoms with Crippen LogP contribution in [-0.2, 0) is 14.3 Å². The fourth-order valence-corrected chi connectivity index (χ4v) is 2.21. The second-order valence-corrected chi connectivity index (χ2v) is 5.29. The molecule has 1 aromatic rings. The number of ether oxygens (including phenoxy) is 2. The summed E-state index contributed by atoms with van der Waals surface area (Å²) in [4.78, 5) is 11.8. The van der Waals surface area contributed by atoms with Crippen LogP contribution in [0.1, 0.15) is 24.8 Å². The summed E-state index contributed by atoms with van der Waals surface area (Å²) in [7, 11) is 3.37. The summed E-state index contributed by atoms with van der Waals surface area (Å²) in [5, 5.41) is 5.95. The monoisotopic (exact) mass is 304 g/mol. The van der Waals surface area contributed by atoms with Gasteiger partial charge in [-0.2, -0.15) is 0 Å². The van der Waals surface area contributed by atoms with Gasteiger partial charge in [0.15, 0.2) is 0 Å². The molecule has 120 valence electrons. The standard InChI is InChI=1S/C17H24N2O3/c1-21-11-3-10-18-12-16(20)19-15-8-6-14(7-9-15)17(22-2)13-4-5-13/h6-9,18H,3-5,10-12H2,1-2H3,(H,19,20). The van der Waals surface area contributed by atoms with Crippen LogP contribution in [0.2, 0.25) is 0 Å². The summed E-state index contributed by atoms with van der Waals surface area (Å²) >= 11 is 0. The van der Waals surface area contributed by atoms with Gasteiger partial charge in [0.1, 0.15) is 5.76 Å². The Bertz CT molecular complexity index is 517. The molecule has 1 aromatic carbocycles. The molecule has 2 N–H and O–H groups in total. The van der Waals surface area contributed by atoms with Crippen molar-refractivity contribution in [2.45, 2.75) is 19.3 Å². The van der Waals surface area contributed by atoms with Crippen molar-refractivity contribution in [2.75, 3.05) is 39.2 Å². The number of carbonyl (C=O) groups is 1. The lowest BCUT2D eigenvalue weighted by Crippen LogP contribution is -2.29. The highest BCUT2D eigenvalue weighted by Crippen LogP contribution is 2.36. The summed E-state index contributed by atoms with van der Waals surface area (Å²) in [6.45, 7) is 1.78. The minimum Gasteiger partial charge on any atom is -0.496 e. The Hall–Kier alpha value is -1.85. The molecule has 0 heterocycles. The second-order valence-electron chi connectivity index (χ2n) is 5.29. The van der Waals surface area contributed by atoms with Crippen LogP contribution in [0.4, 0.5) is 5.69 Å². The van der Waals surface area contributed by atoms with Gasteiger partial charge in [0, 0.05) is 25.0 Å². The molecule has 2 rings (SSSR count). The van der Waals surface area contributed by atoms with Crippen LogP contribution in [-0.4, -0.2) is 39.8 Å². The van der Waals surface area contributed by atoms with Crippen molar-refractivity contribution < 1.29 is 14.3 Å². The van der Waals surface area contributed by atoms with Crippen LogP contribution in [0.15, 0.2) is 29.8 Å². The molecule has 22 heavy (non-hydrogen) atoms. The van der Waals surface area contributed by atoms with E-state index < -0.39 is 0 Å². The van der Waals surface area contributed by atoms with E-state index in [-0.39, 0.29) is 5.91 Å². The molecule has 5 nitrogen and oxygen atoms in total. The molecule has 0 unspecified atom stereocenters. The van der Waals surface area contributed by atoms with Crippen LogP contribution in [0, 0.1) is 0 Å². The minimum atomic E-state index is -0.0438. The lowest BCUT2D eigenvalue weighted by atomic mass is 10.1. The van der Waals surface area contributed by atoms with E-state index in [1.807, 2.05) is 24.3 Å². The maximum absolute atomic E-state index is 11.8. The lowest BCUT2D eigenvalue weighted by molar-refractivity contribution is -0.115. The molecule has 1 aliphatic carbocycles. The van der Waals surface area contributed by atoms with Gasteiger partial charge in [0.25, 0.3) is 0 Å². The highest BCUT2D eigenvalue weighted by atomic mass is 16.5. The molecule has 0 aliphatic heterocycles. The number of amides is 1. The topological polar surface area (TPSA) is 59.6 Å². The molecule has 0 atom stereocenters. The SMILES string of the molecule is COCCCNCC(=O)Nc1ccc(C(OC)=C2CC2)cc1. The second kappa shape index (κ2) is 8.56. The smallest absolute Gasteiger partial charge is 0.238 e. The highest BCUT2D eigenvalue weighted by Gasteiger charge is 2.19. The number of rotatable bonds is 9. The lowest BCUT2D eigenvalue weighted by Gasteiger charge is -2.09. The van der Waals surface area contributed by atoms with Crippen LogP contribution in [0.5, 0.6) is 0 Å². The first-order valence-corrected chi connectivity index (χ1v) is 7.60. The van der Waals surface area contributed by atoms with Gasteiger partial charge in [0.2, 0.25) is 5.91 Å². The molecular weight excluding hydrogens is 280 g/mol. The fraction of sp³-hybridized carbons (Fsp3) is 0.471. The summed E-state index contributed by atoms with van der Waals surface area (Å²) < 4.78 is 10.4. The predicted octanol–water partition coefficient (Wildman–Crippen LogP) is 2.40. The molecule has 0 spiro atoms. The quantitative estimate of drug-likeness (QED) is 0.543. The summed E-state index contributed by atoms with van der Waals surface area (Å²) in [6, 6.07) is 7.76. The predicted molar refractivity (Wildman–Crippen MR) is 87.6 cm³/mol. The van der Waals surface area contributed by atoms with Gasteiger partial charge in [-0.05, 0) is 55.6 Å². The first-order chi connectivity index (χ1) is 10.7. The Morgan fingerprint density at radius 2 is 1.91 bits per heavy atom. The third-order valence-electron chi connectivity index (χ3n) is 3.44. The first kappa shape index (κ1) is 16.5. The zero-order valence-electron chi connectivity index (χ0n) is 13.3. The summed E-state index contributed by atoms with van der Waals surface area (Å²) in [5.74, 6) is 0.926. The van der Waals surface area contributed by atoms with Gasteiger partial charge >= 0.3 is 0 Å². The van der Waals surface area contributed by atoms with Crippen LogP contribution >= 0.6 is 0 Å². The van der Waals surface area contributed by atoms with E-state index in [0.717, 1.165) is 42.8 Å². The van der Waals surface area contributed by atoms with E-state index in [0.29, 0.717) is 13.2 Å². The minimum absolute atomic E-state index is 0.0438. The maximum Gasteiger partial charge on any atom is 0.238 e. The van der Waals surface area contributed by atoms with Gasteiger partial charge in [-0.15, -0.1) is 0 Å². The van der Waals surface area contributed by atoms with Gasteiger partial charge in [-0.1, -0.05) is 0 Å². The molecule has 1 amide bonds. The van der Waals surface area contributed by atoms with E-state index in [1.54, 1.807) is 14.2 Å². The zero-order valence-corrected chi connectivity index (χ0v) is 13.3. The largest absolute Gasteiger partial charge is 0.496 e. The normalized spacial score (nSPS) is 12.9. The Labute approximate surface area is 131 Å². The number of hydrogen-bond donors (Lipinski definition) is 2. The summed E-state index contributed by atoms with van der Waals surface area (Å²) in [5.41, 5.74) is 3.22. The van der Waals surface area contributed by atoms with Crippen molar-refractivity contribution >= 4 is 17.4 Å². The zero-order chi connectivity index (χ0) is 15.8. The van der Waals surface area contributed by atoms with Gasteiger partial charge in [-0.3, -0.25) is 4.79 Å². The van der Waals surface area contributed by atoms with Crippen molar-refractivity contribution in [3.63, 3.8) is 0 Å². The Kier molecular flexibility index (Phi) is 6.43. The van der Waals surface area contributed by atoms with E-state index in [2.05, 4.69) is 10.6 Å². The molecule has 0 aromatic heterocycles. The van der Waals surface area contributed by atoms with Gasteiger partial charge in [-0.25, -0.2) is 0 Å². The van der Waals surface area contributed by atoms with E-state index in [1.165, 1.54) is 5.57 Å². The molecule has 1 fully saturated rings. The number of benzene rings is 1.